The maximum absolute atomic E-state index is 12.1. The lowest BCUT2D eigenvalue weighted by molar-refractivity contribution is -0.116. The van der Waals surface area contributed by atoms with Gasteiger partial charge >= 0.3 is 0 Å². The van der Waals surface area contributed by atoms with E-state index in [0.717, 1.165) is 12.8 Å². The number of nitrogens with one attached hydrogen (secondary N) is 2. The minimum absolute atomic E-state index is 0.0770. The lowest BCUT2D eigenvalue weighted by Crippen LogP contribution is -2.30. The standard InChI is InChI=1S/C19H24N2O3S/c1-15(2)21-25(23,24)18-13-11-17(12-14-18)20-19(22)10-6-9-16-7-4-3-5-8-16/h3-5,7-8,11-15,21H,6,9-10H2,1-2H3,(H,20,22). The number of anilines is 1. The molecule has 2 rings (SSSR count). The van der Waals surface area contributed by atoms with Gasteiger partial charge in [0.25, 0.3) is 0 Å². The monoisotopic (exact) mass is 360 g/mol. The molecule has 0 fully saturated rings. The highest BCUT2D eigenvalue weighted by Gasteiger charge is 2.15. The highest BCUT2D eigenvalue weighted by atomic mass is 32.2. The minimum Gasteiger partial charge on any atom is -0.326 e. The van der Waals surface area contributed by atoms with Gasteiger partial charge in [-0.3, -0.25) is 4.79 Å². The third kappa shape index (κ3) is 6.32. The molecule has 134 valence electrons. The summed E-state index contributed by atoms with van der Waals surface area (Å²) >= 11 is 0. The van der Waals surface area contributed by atoms with Crippen LogP contribution < -0.4 is 10.0 Å². The Morgan fingerprint density at radius 3 is 2.24 bits per heavy atom. The van der Waals surface area contributed by atoms with Crippen molar-refractivity contribution in [2.75, 3.05) is 5.32 Å². The van der Waals surface area contributed by atoms with Gasteiger partial charge in [0.2, 0.25) is 15.9 Å². The van der Waals surface area contributed by atoms with E-state index >= 15 is 0 Å². The molecule has 0 spiro atoms. The molecule has 2 aromatic rings. The number of rotatable bonds is 8. The van der Waals surface area contributed by atoms with Crippen LogP contribution >= 0.6 is 0 Å². The van der Waals surface area contributed by atoms with Crippen molar-refractivity contribution in [3.8, 4) is 0 Å². The first-order valence-electron chi connectivity index (χ1n) is 8.33. The van der Waals surface area contributed by atoms with E-state index in [1.165, 1.54) is 17.7 Å². The van der Waals surface area contributed by atoms with Crippen molar-refractivity contribution in [1.29, 1.82) is 0 Å². The van der Waals surface area contributed by atoms with Crippen LogP contribution in [0.2, 0.25) is 0 Å². The van der Waals surface area contributed by atoms with Crippen LogP contribution in [0, 0.1) is 0 Å². The molecule has 0 atom stereocenters. The Bertz CT molecular complexity index is 785. The molecule has 1 amide bonds. The molecule has 0 saturated heterocycles. The predicted octanol–water partition coefficient (Wildman–Crippen LogP) is 3.33. The Labute approximate surface area is 149 Å². The zero-order chi connectivity index (χ0) is 18.3. The van der Waals surface area contributed by atoms with Crippen molar-refractivity contribution in [3.05, 3.63) is 60.2 Å². The van der Waals surface area contributed by atoms with E-state index < -0.39 is 10.0 Å². The Morgan fingerprint density at radius 1 is 1.00 bits per heavy atom. The summed E-state index contributed by atoms with van der Waals surface area (Å²) in [5.74, 6) is -0.0770. The van der Waals surface area contributed by atoms with Gasteiger partial charge in [0, 0.05) is 18.2 Å². The van der Waals surface area contributed by atoms with Crippen LogP contribution in [0.25, 0.3) is 0 Å². The largest absolute Gasteiger partial charge is 0.326 e. The highest BCUT2D eigenvalue weighted by Crippen LogP contribution is 2.15. The number of hydrogen-bond acceptors (Lipinski definition) is 3. The number of aryl methyl sites for hydroxylation is 1. The van der Waals surface area contributed by atoms with Gasteiger partial charge in [-0.15, -0.1) is 0 Å². The maximum atomic E-state index is 12.1. The molecule has 6 heteroatoms. The molecule has 0 aliphatic rings. The lowest BCUT2D eigenvalue weighted by atomic mass is 10.1. The van der Waals surface area contributed by atoms with Crippen molar-refractivity contribution in [2.45, 2.75) is 44.0 Å². The Morgan fingerprint density at radius 2 is 1.64 bits per heavy atom. The first-order chi connectivity index (χ1) is 11.9. The van der Waals surface area contributed by atoms with Crippen LogP contribution in [-0.2, 0) is 21.2 Å². The summed E-state index contributed by atoms with van der Waals surface area (Å²) < 4.78 is 26.6. The summed E-state index contributed by atoms with van der Waals surface area (Å²) in [4.78, 5) is 12.2. The Balaban J connectivity index is 1.85. The predicted molar refractivity (Wildman–Crippen MR) is 99.9 cm³/mol. The van der Waals surface area contributed by atoms with E-state index in [4.69, 9.17) is 0 Å². The summed E-state index contributed by atoms with van der Waals surface area (Å²) in [6.45, 7) is 3.53. The third-order valence-electron chi connectivity index (χ3n) is 3.55. The van der Waals surface area contributed by atoms with Gasteiger partial charge in [-0.2, -0.15) is 0 Å². The van der Waals surface area contributed by atoms with Crippen LogP contribution in [-0.4, -0.2) is 20.4 Å². The summed E-state index contributed by atoms with van der Waals surface area (Å²) in [6.07, 6.45) is 2.04. The van der Waals surface area contributed by atoms with Crippen molar-refractivity contribution in [3.63, 3.8) is 0 Å². The molecule has 0 unspecified atom stereocenters. The zero-order valence-electron chi connectivity index (χ0n) is 14.5. The van der Waals surface area contributed by atoms with Crippen molar-refractivity contribution in [1.82, 2.24) is 4.72 Å². The van der Waals surface area contributed by atoms with Gasteiger partial charge in [-0.25, -0.2) is 13.1 Å². The van der Waals surface area contributed by atoms with E-state index in [2.05, 4.69) is 10.0 Å². The fourth-order valence-electron chi connectivity index (χ4n) is 2.42. The fourth-order valence-corrected chi connectivity index (χ4v) is 3.67. The summed E-state index contributed by atoms with van der Waals surface area (Å²) in [6, 6.07) is 16.0. The normalized spacial score (nSPS) is 11.5. The SMILES string of the molecule is CC(C)NS(=O)(=O)c1ccc(NC(=O)CCCc2ccccc2)cc1. The first kappa shape index (κ1) is 19.1. The van der Waals surface area contributed by atoms with E-state index in [1.807, 2.05) is 30.3 Å². The average molecular weight is 360 g/mol. The molecule has 5 nitrogen and oxygen atoms in total. The van der Waals surface area contributed by atoms with Crippen LogP contribution in [0.5, 0.6) is 0 Å². The van der Waals surface area contributed by atoms with Gasteiger partial charge in [0.05, 0.1) is 4.90 Å². The lowest BCUT2D eigenvalue weighted by Gasteiger charge is -2.10. The second-order valence-corrected chi connectivity index (χ2v) is 7.90. The van der Waals surface area contributed by atoms with Gasteiger partial charge < -0.3 is 5.32 Å². The molecule has 0 saturated carbocycles. The van der Waals surface area contributed by atoms with Gasteiger partial charge in [0.15, 0.2) is 0 Å². The molecular weight excluding hydrogens is 336 g/mol. The summed E-state index contributed by atoms with van der Waals surface area (Å²) in [5, 5.41) is 2.79. The molecule has 0 bridgehead atoms. The quantitative estimate of drug-likeness (QED) is 0.758. The average Bonchev–Trinajstić information content (AvgIpc) is 2.55. The number of benzene rings is 2. The molecule has 0 aromatic heterocycles. The van der Waals surface area contributed by atoms with Gasteiger partial charge in [0.1, 0.15) is 0 Å². The van der Waals surface area contributed by atoms with Crippen LogP contribution in [0.1, 0.15) is 32.3 Å². The molecule has 0 radical (unpaired) electrons. The van der Waals surface area contributed by atoms with Crippen molar-refractivity contribution in [2.24, 2.45) is 0 Å². The maximum Gasteiger partial charge on any atom is 0.240 e. The zero-order valence-corrected chi connectivity index (χ0v) is 15.3. The smallest absolute Gasteiger partial charge is 0.240 e. The van der Waals surface area contributed by atoms with Crippen molar-refractivity contribution >= 4 is 21.6 Å². The topological polar surface area (TPSA) is 75.3 Å². The number of carbonyl (C=O) groups excluding carboxylic acids is 1. The number of hydrogen-bond donors (Lipinski definition) is 2. The summed E-state index contributed by atoms with van der Waals surface area (Å²) in [7, 11) is -3.51. The van der Waals surface area contributed by atoms with Crippen LogP contribution in [0.4, 0.5) is 5.69 Å². The molecule has 0 heterocycles. The summed E-state index contributed by atoms with van der Waals surface area (Å²) in [5.41, 5.74) is 1.80. The molecule has 2 aromatic carbocycles. The Kier molecular flexibility index (Phi) is 6.73. The van der Waals surface area contributed by atoms with E-state index in [9.17, 15) is 13.2 Å². The van der Waals surface area contributed by atoms with Crippen LogP contribution in [0.3, 0.4) is 0 Å². The fraction of sp³-hybridized carbons (Fsp3) is 0.316. The Hall–Kier alpha value is -2.18. The molecular formula is C19H24N2O3S. The van der Waals surface area contributed by atoms with Crippen LogP contribution in [0.15, 0.2) is 59.5 Å². The van der Waals surface area contributed by atoms with E-state index in [-0.39, 0.29) is 16.8 Å². The molecule has 25 heavy (non-hydrogen) atoms. The second kappa shape index (κ2) is 8.78. The second-order valence-electron chi connectivity index (χ2n) is 6.19. The minimum atomic E-state index is -3.51. The highest BCUT2D eigenvalue weighted by molar-refractivity contribution is 7.89. The number of carbonyl (C=O) groups is 1. The number of sulfonamides is 1. The molecule has 0 aliphatic carbocycles. The van der Waals surface area contributed by atoms with E-state index in [0.29, 0.717) is 12.1 Å². The van der Waals surface area contributed by atoms with Gasteiger partial charge in [-0.1, -0.05) is 30.3 Å². The third-order valence-corrected chi connectivity index (χ3v) is 5.23. The molecule has 2 N–H and O–H groups in total. The first-order valence-corrected chi connectivity index (χ1v) is 9.81. The van der Waals surface area contributed by atoms with Crippen molar-refractivity contribution < 1.29 is 13.2 Å². The van der Waals surface area contributed by atoms with E-state index in [1.54, 1.807) is 26.0 Å². The molecule has 0 aliphatic heterocycles. The van der Waals surface area contributed by atoms with Gasteiger partial charge in [-0.05, 0) is 56.5 Å². The number of amides is 1.